The molecule has 0 aliphatic rings. The van der Waals surface area contributed by atoms with Crippen LogP contribution in [0.5, 0.6) is 11.5 Å². The number of para-hydroxylation sites is 2. The van der Waals surface area contributed by atoms with Gasteiger partial charge < -0.3 is 14.8 Å². The second-order valence-corrected chi connectivity index (χ2v) is 4.03. The van der Waals surface area contributed by atoms with E-state index in [9.17, 15) is 9.59 Å². The summed E-state index contributed by atoms with van der Waals surface area (Å²) in [7, 11) is 1.51. The van der Waals surface area contributed by atoms with Crippen molar-refractivity contribution in [2.45, 2.75) is 6.92 Å². The number of hydrogen-bond donors (Lipinski definition) is 3. The standard InChI is InChI=1S/C12H15N3O4S/c1-8(16)13-12(20)15-14-11(17)7-19-10-6-4-3-5-9(10)18-2/h3-6H,7H2,1-2H3,(H,14,17)(H2,13,15,16,20). The predicted octanol–water partition coefficient (Wildman–Crippen LogP) is 0.116. The Morgan fingerprint density at radius 2 is 1.85 bits per heavy atom. The summed E-state index contributed by atoms with van der Waals surface area (Å²) in [6.45, 7) is 1.08. The van der Waals surface area contributed by atoms with Crippen LogP contribution in [0.2, 0.25) is 0 Å². The summed E-state index contributed by atoms with van der Waals surface area (Å²) in [5, 5.41) is 2.30. The van der Waals surface area contributed by atoms with Crippen molar-refractivity contribution in [3.63, 3.8) is 0 Å². The molecule has 1 rings (SSSR count). The fourth-order valence-corrected chi connectivity index (χ4v) is 1.43. The molecule has 0 aliphatic heterocycles. The molecule has 0 bridgehead atoms. The van der Waals surface area contributed by atoms with Crippen LogP contribution in [0.4, 0.5) is 0 Å². The maximum absolute atomic E-state index is 11.5. The van der Waals surface area contributed by atoms with Crippen molar-refractivity contribution in [2.75, 3.05) is 13.7 Å². The number of nitrogens with one attached hydrogen (secondary N) is 3. The number of amides is 2. The number of rotatable bonds is 4. The lowest BCUT2D eigenvalue weighted by Gasteiger charge is -2.12. The monoisotopic (exact) mass is 297 g/mol. The molecule has 3 N–H and O–H groups in total. The van der Waals surface area contributed by atoms with Gasteiger partial charge in [0.05, 0.1) is 7.11 Å². The van der Waals surface area contributed by atoms with Crippen LogP contribution < -0.4 is 25.6 Å². The van der Waals surface area contributed by atoms with Gasteiger partial charge in [-0.25, -0.2) is 0 Å². The molecule has 0 atom stereocenters. The first-order chi connectivity index (χ1) is 9.52. The van der Waals surface area contributed by atoms with Gasteiger partial charge in [-0.1, -0.05) is 12.1 Å². The Kier molecular flexibility index (Phi) is 6.24. The highest BCUT2D eigenvalue weighted by Crippen LogP contribution is 2.25. The van der Waals surface area contributed by atoms with Crippen LogP contribution in [0.1, 0.15) is 6.92 Å². The topological polar surface area (TPSA) is 88.7 Å². The fourth-order valence-electron chi connectivity index (χ4n) is 1.24. The van der Waals surface area contributed by atoms with E-state index in [1.165, 1.54) is 14.0 Å². The van der Waals surface area contributed by atoms with Crippen molar-refractivity contribution in [3.05, 3.63) is 24.3 Å². The van der Waals surface area contributed by atoms with Crippen LogP contribution >= 0.6 is 12.2 Å². The Balaban J connectivity index is 2.36. The third kappa shape index (κ3) is 5.53. The van der Waals surface area contributed by atoms with Gasteiger partial charge in [0.2, 0.25) is 5.91 Å². The SMILES string of the molecule is COc1ccccc1OCC(=O)NNC(=S)NC(C)=O. The van der Waals surface area contributed by atoms with Crippen LogP contribution in [0.25, 0.3) is 0 Å². The van der Waals surface area contributed by atoms with E-state index in [1.54, 1.807) is 24.3 Å². The van der Waals surface area contributed by atoms with Crippen molar-refractivity contribution >= 4 is 29.1 Å². The van der Waals surface area contributed by atoms with Crippen molar-refractivity contribution in [3.8, 4) is 11.5 Å². The summed E-state index contributed by atoms with van der Waals surface area (Å²) in [5.41, 5.74) is 4.65. The number of thiocarbonyl (C=S) groups is 1. The first kappa shape index (κ1) is 15.7. The van der Waals surface area contributed by atoms with E-state index in [-0.39, 0.29) is 17.6 Å². The van der Waals surface area contributed by atoms with E-state index in [2.05, 4.69) is 16.2 Å². The van der Waals surface area contributed by atoms with Crippen molar-refractivity contribution in [1.29, 1.82) is 0 Å². The third-order valence-electron chi connectivity index (χ3n) is 2.03. The van der Waals surface area contributed by atoms with E-state index >= 15 is 0 Å². The molecular formula is C12H15N3O4S. The van der Waals surface area contributed by atoms with E-state index in [0.717, 1.165) is 0 Å². The zero-order valence-electron chi connectivity index (χ0n) is 11.1. The summed E-state index contributed by atoms with van der Waals surface area (Å²) in [6, 6.07) is 6.96. The number of ether oxygens (including phenoxy) is 2. The fraction of sp³-hybridized carbons (Fsp3) is 0.250. The van der Waals surface area contributed by atoms with Gasteiger partial charge in [-0.2, -0.15) is 0 Å². The molecule has 8 heteroatoms. The van der Waals surface area contributed by atoms with Gasteiger partial charge in [0, 0.05) is 6.92 Å². The zero-order valence-corrected chi connectivity index (χ0v) is 11.9. The molecule has 0 saturated carbocycles. The summed E-state index contributed by atoms with van der Waals surface area (Å²) < 4.78 is 10.4. The molecule has 1 aromatic carbocycles. The minimum absolute atomic E-state index is 0.00291. The van der Waals surface area contributed by atoms with Gasteiger partial charge in [-0.3, -0.25) is 20.4 Å². The van der Waals surface area contributed by atoms with Gasteiger partial charge >= 0.3 is 0 Å². The maximum atomic E-state index is 11.5. The van der Waals surface area contributed by atoms with Gasteiger partial charge in [-0.15, -0.1) is 0 Å². The highest BCUT2D eigenvalue weighted by Gasteiger charge is 2.07. The minimum Gasteiger partial charge on any atom is -0.493 e. The number of hydrazine groups is 1. The summed E-state index contributed by atoms with van der Waals surface area (Å²) in [6.07, 6.45) is 0. The van der Waals surface area contributed by atoms with Crippen LogP contribution in [0.15, 0.2) is 24.3 Å². The second-order valence-electron chi connectivity index (χ2n) is 3.62. The van der Waals surface area contributed by atoms with Gasteiger partial charge in [0.15, 0.2) is 23.2 Å². The molecule has 0 saturated heterocycles. The highest BCUT2D eigenvalue weighted by atomic mass is 32.1. The number of benzene rings is 1. The molecule has 0 aliphatic carbocycles. The molecule has 0 radical (unpaired) electrons. The van der Waals surface area contributed by atoms with E-state index in [0.29, 0.717) is 11.5 Å². The van der Waals surface area contributed by atoms with E-state index < -0.39 is 5.91 Å². The molecule has 20 heavy (non-hydrogen) atoms. The third-order valence-corrected chi connectivity index (χ3v) is 2.24. The molecule has 0 fully saturated rings. The quantitative estimate of drug-likeness (QED) is 0.540. The Morgan fingerprint density at radius 1 is 1.20 bits per heavy atom. The van der Waals surface area contributed by atoms with Gasteiger partial charge in [0.25, 0.3) is 5.91 Å². The van der Waals surface area contributed by atoms with Crippen LogP contribution in [-0.4, -0.2) is 30.6 Å². The van der Waals surface area contributed by atoms with E-state index in [4.69, 9.17) is 21.7 Å². The van der Waals surface area contributed by atoms with Crippen molar-refractivity contribution in [2.24, 2.45) is 0 Å². The predicted molar refractivity (Wildman–Crippen MR) is 76.2 cm³/mol. The Bertz CT molecular complexity index is 507. The largest absolute Gasteiger partial charge is 0.493 e. The van der Waals surface area contributed by atoms with Gasteiger partial charge in [0.1, 0.15) is 0 Å². The molecule has 1 aromatic rings. The smallest absolute Gasteiger partial charge is 0.276 e. The molecule has 0 spiro atoms. The van der Waals surface area contributed by atoms with Gasteiger partial charge in [-0.05, 0) is 24.4 Å². The lowest BCUT2D eigenvalue weighted by atomic mass is 10.3. The number of hydrogen-bond acceptors (Lipinski definition) is 5. The average molecular weight is 297 g/mol. The Labute approximate surface area is 121 Å². The Morgan fingerprint density at radius 3 is 2.45 bits per heavy atom. The molecule has 0 aromatic heterocycles. The highest BCUT2D eigenvalue weighted by molar-refractivity contribution is 7.80. The molecule has 7 nitrogen and oxygen atoms in total. The lowest BCUT2D eigenvalue weighted by Crippen LogP contribution is -2.49. The first-order valence-electron chi connectivity index (χ1n) is 5.65. The lowest BCUT2D eigenvalue weighted by molar-refractivity contribution is -0.124. The summed E-state index contributed by atoms with van der Waals surface area (Å²) in [4.78, 5) is 22.2. The summed E-state index contributed by atoms with van der Waals surface area (Å²) >= 11 is 4.75. The molecule has 0 unspecified atom stereocenters. The molecule has 2 amide bonds. The van der Waals surface area contributed by atoms with E-state index in [1.807, 2.05) is 0 Å². The average Bonchev–Trinajstić information content (AvgIpc) is 2.42. The normalized spacial score (nSPS) is 9.30. The minimum atomic E-state index is -0.455. The molecule has 0 heterocycles. The number of carbonyl (C=O) groups is 2. The van der Waals surface area contributed by atoms with Crippen LogP contribution in [0, 0.1) is 0 Å². The number of carbonyl (C=O) groups excluding carboxylic acids is 2. The zero-order chi connectivity index (χ0) is 15.0. The molecular weight excluding hydrogens is 282 g/mol. The van der Waals surface area contributed by atoms with Crippen LogP contribution in [0.3, 0.4) is 0 Å². The second kappa shape index (κ2) is 7.95. The van der Waals surface area contributed by atoms with Crippen molar-refractivity contribution in [1.82, 2.24) is 16.2 Å². The maximum Gasteiger partial charge on any atom is 0.276 e. The van der Waals surface area contributed by atoms with Crippen LogP contribution in [-0.2, 0) is 9.59 Å². The summed E-state index contributed by atoms with van der Waals surface area (Å²) in [5.74, 6) is 0.197. The first-order valence-corrected chi connectivity index (χ1v) is 6.06. The number of methoxy groups -OCH3 is 1. The molecule has 108 valence electrons. The Hall–Kier alpha value is -2.35. The van der Waals surface area contributed by atoms with Crippen molar-refractivity contribution < 1.29 is 19.1 Å².